The summed E-state index contributed by atoms with van der Waals surface area (Å²) in [7, 11) is 0. The average molecular weight is 813 g/mol. The summed E-state index contributed by atoms with van der Waals surface area (Å²) in [6.45, 7) is 18.7. The van der Waals surface area contributed by atoms with Crippen molar-refractivity contribution in [1.29, 1.82) is 0 Å². The molecular formula is C50H62F2N8. The first-order valence-electron chi connectivity index (χ1n) is 21.6. The Labute approximate surface area is 355 Å². The molecule has 316 valence electrons. The van der Waals surface area contributed by atoms with Crippen LogP contribution in [0.15, 0.2) is 109 Å². The molecule has 0 aliphatic carbocycles. The second kappa shape index (κ2) is 18.9. The van der Waals surface area contributed by atoms with Crippen LogP contribution in [0.1, 0.15) is 78.4 Å². The van der Waals surface area contributed by atoms with Gasteiger partial charge in [-0.2, -0.15) is 0 Å². The fraction of sp³-hybridized carbons (Fsp3) is 0.400. The van der Waals surface area contributed by atoms with Gasteiger partial charge in [-0.05, 0) is 115 Å². The minimum atomic E-state index is -0.214. The van der Waals surface area contributed by atoms with Crippen LogP contribution in [-0.4, -0.2) is 59.3 Å². The highest BCUT2D eigenvalue weighted by molar-refractivity contribution is 5.94. The normalized spacial score (nSPS) is 15.5. The summed E-state index contributed by atoms with van der Waals surface area (Å²) in [6.07, 6.45) is 4.52. The third-order valence-electron chi connectivity index (χ3n) is 11.1. The number of para-hydroxylation sites is 2. The third-order valence-corrected chi connectivity index (χ3v) is 11.1. The van der Waals surface area contributed by atoms with Gasteiger partial charge >= 0.3 is 0 Å². The summed E-state index contributed by atoms with van der Waals surface area (Å²) < 4.78 is 26.3. The molecule has 60 heavy (non-hydrogen) atoms. The van der Waals surface area contributed by atoms with Gasteiger partial charge in [0.25, 0.3) is 0 Å². The summed E-state index contributed by atoms with van der Waals surface area (Å²) in [5, 5.41) is 16.7. The SMILES string of the molecule is CC(C)(C)NC1CCN(c2cc(NCc3ccc(F)cc3)nc3ccccc23)CC1.CC(C)(C)NC1CCN(c2cc(NCc3ccc(F)cc3)nc3ccccc23)CC1. The minimum Gasteiger partial charge on any atom is -0.371 e. The predicted octanol–water partition coefficient (Wildman–Crippen LogP) is 10.7. The predicted molar refractivity (Wildman–Crippen MR) is 247 cm³/mol. The monoisotopic (exact) mass is 813 g/mol. The van der Waals surface area contributed by atoms with E-state index >= 15 is 0 Å². The van der Waals surface area contributed by atoms with Gasteiger partial charge in [0.05, 0.1) is 11.0 Å². The van der Waals surface area contributed by atoms with Gasteiger partial charge in [0.15, 0.2) is 0 Å². The van der Waals surface area contributed by atoms with Crippen LogP contribution in [0.4, 0.5) is 31.8 Å². The standard InChI is InChI=1S/2C25H31FN4/c2*1-25(2,3)29-20-12-14-30(15-13-20)23-16-24(28-22-7-5-4-6-21(22)23)27-17-18-8-10-19(26)11-9-18/h2*4-11,16,20,29H,12-15,17H2,1-3H3,(H,27,28). The first-order valence-corrected chi connectivity index (χ1v) is 21.6. The van der Waals surface area contributed by atoms with Crippen molar-refractivity contribution in [3.63, 3.8) is 0 Å². The van der Waals surface area contributed by atoms with Crippen LogP contribution in [0.3, 0.4) is 0 Å². The third kappa shape index (κ3) is 11.9. The molecule has 0 atom stereocenters. The molecular weight excluding hydrogens is 751 g/mol. The van der Waals surface area contributed by atoms with Crippen LogP contribution in [0.2, 0.25) is 0 Å². The Kier molecular flexibility index (Phi) is 13.5. The van der Waals surface area contributed by atoms with E-state index < -0.39 is 0 Å². The fourth-order valence-electron chi connectivity index (χ4n) is 8.36. The smallest absolute Gasteiger partial charge is 0.129 e. The van der Waals surface area contributed by atoms with Crippen molar-refractivity contribution < 1.29 is 8.78 Å². The highest BCUT2D eigenvalue weighted by Gasteiger charge is 2.26. The number of nitrogens with zero attached hydrogens (tertiary/aromatic N) is 4. The zero-order chi connectivity index (χ0) is 42.3. The van der Waals surface area contributed by atoms with Crippen LogP contribution >= 0.6 is 0 Å². The maximum absolute atomic E-state index is 13.2. The lowest BCUT2D eigenvalue weighted by Crippen LogP contribution is -2.49. The lowest BCUT2D eigenvalue weighted by molar-refractivity contribution is 0.317. The quantitative estimate of drug-likeness (QED) is 0.109. The number of aromatic nitrogens is 2. The van der Waals surface area contributed by atoms with Crippen LogP contribution in [0.5, 0.6) is 0 Å². The minimum absolute atomic E-state index is 0.146. The molecule has 0 saturated carbocycles. The van der Waals surface area contributed by atoms with Gasteiger partial charge in [0.1, 0.15) is 23.3 Å². The Morgan fingerprint density at radius 2 is 0.867 bits per heavy atom. The van der Waals surface area contributed by atoms with E-state index in [9.17, 15) is 8.78 Å². The van der Waals surface area contributed by atoms with Crippen molar-refractivity contribution in [1.82, 2.24) is 20.6 Å². The molecule has 8 nitrogen and oxygen atoms in total. The summed E-state index contributed by atoms with van der Waals surface area (Å²) >= 11 is 0. The molecule has 0 spiro atoms. The van der Waals surface area contributed by atoms with Crippen molar-refractivity contribution >= 4 is 44.8 Å². The van der Waals surface area contributed by atoms with Crippen molar-refractivity contribution in [2.75, 3.05) is 46.6 Å². The van der Waals surface area contributed by atoms with Gasteiger partial charge in [-0.15, -0.1) is 0 Å². The van der Waals surface area contributed by atoms with E-state index in [1.165, 1.54) is 46.4 Å². The van der Waals surface area contributed by atoms with Gasteiger partial charge in [-0.25, -0.2) is 18.7 Å². The number of rotatable bonds is 10. The summed E-state index contributed by atoms with van der Waals surface area (Å²) in [5.74, 6) is 1.27. The number of piperidine rings is 2. The maximum Gasteiger partial charge on any atom is 0.129 e. The Morgan fingerprint density at radius 1 is 0.517 bits per heavy atom. The number of hydrogen-bond acceptors (Lipinski definition) is 8. The molecule has 0 radical (unpaired) electrons. The van der Waals surface area contributed by atoms with Gasteiger partial charge < -0.3 is 31.1 Å². The molecule has 10 heteroatoms. The highest BCUT2D eigenvalue weighted by Crippen LogP contribution is 2.33. The molecule has 0 unspecified atom stereocenters. The molecule has 2 aromatic heterocycles. The second-order valence-electron chi connectivity index (χ2n) is 18.4. The zero-order valence-electron chi connectivity index (χ0n) is 36.2. The molecule has 4 heterocycles. The average Bonchev–Trinajstić information content (AvgIpc) is 3.22. The molecule has 2 aliphatic rings. The Balaban J connectivity index is 0.000000181. The summed E-state index contributed by atoms with van der Waals surface area (Å²) in [5.41, 5.74) is 6.80. The number of benzene rings is 4. The molecule has 2 fully saturated rings. The molecule has 0 bridgehead atoms. The van der Waals surface area contributed by atoms with Crippen LogP contribution in [0.25, 0.3) is 21.8 Å². The van der Waals surface area contributed by atoms with Crippen molar-refractivity contribution in [2.24, 2.45) is 0 Å². The molecule has 4 N–H and O–H groups in total. The van der Waals surface area contributed by atoms with Gasteiger partial charge in [-0.1, -0.05) is 60.7 Å². The molecule has 2 saturated heterocycles. The van der Waals surface area contributed by atoms with E-state index in [1.54, 1.807) is 24.3 Å². The van der Waals surface area contributed by atoms with E-state index in [0.29, 0.717) is 25.2 Å². The molecule has 4 aromatic carbocycles. The Hall–Kier alpha value is -5.32. The van der Waals surface area contributed by atoms with Crippen LogP contribution < -0.4 is 31.1 Å². The van der Waals surface area contributed by atoms with Crippen LogP contribution in [0, 0.1) is 11.6 Å². The number of fused-ring (bicyclic) bond motifs is 2. The summed E-state index contributed by atoms with van der Waals surface area (Å²) in [6, 6.07) is 35.3. The Morgan fingerprint density at radius 3 is 1.22 bits per heavy atom. The van der Waals surface area contributed by atoms with Crippen molar-refractivity contribution in [3.8, 4) is 0 Å². The van der Waals surface area contributed by atoms with E-state index in [2.05, 4.69) is 121 Å². The number of anilines is 4. The van der Waals surface area contributed by atoms with E-state index in [-0.39, 0.29) is 22.7 Å². The lowest BCUT2D eigenvalue weighted by Gasteiger charge is -2.37. The second-order valence-corrected chi connectivity index (χ2v) is 18.4. The highest BCUT2D eigenvalue weighted by atomic mass is 19.1. The van der Waals surface area contributed by atoms with Gasteiger partial charge in [0.2, 0.25) is 0 Å². The first kappa shape index (κ1) is 42.8. The topological polar surface area (TPSA) is 80.4 Å². The van der Waals surface area contributed by atoms with E-state index in [4.69, 9.17) is 9.97 Å². The van der Waals surface area contributed by atoms with Gasteiger partial charge in [0, 0.05) is 96.7 Å². The first-order chi connectivity index (χ1) is 28.7. The number of nitrogens with one attached hydrogen (secondary N) is 4. The van der Waals surface area contributed by atoms with Crippen molar-refractivity contribution in [2.45, 2.75) is 103 Å². The van der Waals surface area contributed by atoms with Gasteiger partial charge in [-0.3, -0.25) is 0 Å². The molecule has 8 rings (SSSR count). The van der Waals surface area contributed by atoms with Crippen molar-refractivity contribution in [3.05, 3.63) is 132 Å². The van der Waals surface area contributed by atoms with E-state index in [1.807, 2.05) is 12.1 Å². The number of pyridine rings is 2. The Bertz CT molecular complexity index is 2140. The largest absolute Gasteiger partial charge is 0.371 e. The lowest BCUT2D eigenvalue weighted by atomic mass is 9.99. The fourth-order valence-corrected chi connectivity index (χ4v) is 8.36. The maximum atomic E-state index is 13.2. The number of hydrogen-bond donors (Lipinski definition) is 4. The molecule has 2 aliphatic heterocycles. The summed E-state index contributed by atoms with van der Waals surface area (Å²) in [4.78, 5) is 14.6. The molecule has 0 amide bonds. The zero-order valence-corrected chi connectivity index (χ0v) is 36.2. The van der Waals surface area contributed by atoms with Crippen LogP contribution in [-0.2, 0) is 13.1 Å². The van der Waals surface area contributed by atoms with E-state index in [0.717, 1.165) is 85.7 Å². The molecule has 6 aromatic rings. The number of halogens is 2.